The average Bonchev–Trinajstić information content (AvgIpc) is 3.26. The summed E-state index contributed by atoms with van der Waals surface area (Å²) in [6.07, 6.45) is 3.40. The third-order valence-electron chi connectivity index (χ3n) is 5.56. The Morgan fingerprint density at radius 3 is 2.64 bits per heavy atom. The quantitative estimate of drug-likeness (QED) is 0.788. The smallest absolute Gasteiger partial charge is 0.223 e. The van der Waals surface area contributed by atoms with Gasteiger partial charge in [-0.1, -0.05) is 31.2 Å². The Balaban J connectivity index is 0.00000156. The van der Waals surface area contributed by atoms with Gasteiger partial charge in [-0.3, -0.25) is 4.79 Å². The number of amides is 1. The van der Waals surface area contributed by atoms with E-state index in [-0.39, 0.29) is 36.6 Å². The van der Waals surface area contributed by atoms with E-state index in [1.807, 2.05) is 0 Å². The summed E-state index contributed by atoms with van der Waals surface area (Å²) in [5.74, 6) is 0.502. The van der Waals surface area contributed by atoms with Crippen molar-refractivity contribution in [2.45, 2.75) is 39.3 Å². The van der Waals surface area contributed by atoms with Crippen LogP contribution in [0.2, 0.25) is 0 Å². The van der Waals surface area contributed by atoms with E-state index in [1.54, 1.807) is 0 Å². The van der Waals surface area contributed by atoms with Gasteiger partial charge in [0.25, 0.3) is 0 Å². The van der Waals surface area contributed by atoms with E-state index in [2.05, 4.69) is 53.8 Å². The van der Waals surface area contributed by atoms with Crippen LogP contribution < -0.4 is 10.6 Å². The molecule has 1 aliphatic carbocycles. The summed E-state index contributed by atoms with van der Waals surface area (Å²) >= 11 is 0. The molecule has 1 saturated carbocycles. The number of carbonyl (C=O) groups is 1. The monoisotopic (exact) mass is 387 g/mol. The molecule has 0 radical (unpaired) electrons. The Morgan fingerprint density at radius 1 is 1.28 bits per heavy atom. The summed E-state index contributed by atoms with van der Waals surface area (Å²) in [6, 6.07) is 8.55. The fourth-order valence-corrected chi connectivity index (χ4v) is 3.77. The lowest BCUT2D eigenvalue weighted by Crippen LogP contribution is -2.33. The number of nitrogens with one attached hydrogen (secondary N) is 2. The molecular weight excluding hydrogens is 357 g/mol. The zero-order valence-electron chi connectivity index (χ0n) is 15.2. The first-order valence-corrected chi connectivity index (χ1v) is 8.88. The summed E-state index contributed by atoms with van der Waals surface area (Å²) in [6.45, 7) is 6.94. The summed E-state index contributed by atoms with van der Waals surface area (Å²) in [7, 11) is 2.13. The maximum Gasteiger partial charge on any atom is 0.223 e. The number of rotatable bonds is 6. The second-order valence-corrected chi connectivity index (χ2v) is 7.24. The molecule has 142 valence electrons. The maximum atomic E-state index is 12.4. The lowest BCUT2D eigenvalue weighted by atomic mass is 9.92. The minimum Gasteiger partial charge on any atom is -0.352 e. The van der Waals surface area contributed by atoms with E-state index < -0.39 is 0 Å². The number of hydrogen-bond donors (Lipinski definition) is 2. The predicted octanol–water partition coefficient (Wildman–Crippen LogP) is 2.99. The van der Waals surface area contributed by atoms with Gasteiger partial charge in [-0.2, -0.15) is 0 Å². The first kappa shape index (κ1) is 22.2. The summed E-state index contributed by atoms with van der Waals surface area (Å²) in [5, 5.41) is 6.54. The summed E-state index contributed by atoms with van der Waals surface area (Å²) in [5.41, 5.74) is 2.82. The molecule has 2 fully saturated rings. The second kappa shape index (κ2) is 9.77. The van der Waals surface area contributed by atoms with Crippen molar-refractivity contribution in [2.24, 2.45) is 11.3 Å². The van der Waals surface area contributed by atoms with Gasteiger partial charge in [-0.05, 0) is 62.5 Å². The topological polar surface area (TPSA) is 44.4 Å². The summed E-state index contributed by atoms with van der Waals surface area (Å²) < 4.78 is 0. The highest BCUT2D eigenvalue weighted by molar-refractivity contribution is 5.85. The van der Waals surface area contributed by atoms with Crippen molar-refractivity contribution in [1.82, 2.24) is 15.5 Å². The van der Waals surface area contributed by atoms with E-state index in [0.29, 0.717) is 12.0 Å². The highest BCUT2D eigenvalue weighted by Gasteiger charge is 2.57. The molecule has 25 heavy (non-hydrogen) atoms. The van der Waals surface area contributed by atoms with Crippen LogP contribution in [0, 0.1) is 11.3 Å². The van der Waals surface area contributed by atoms with Crippen molar-refractivity contribution < 1.29 is 4.79 Å². The van der Waals surface area contributed by atoms with Crippen molar-refractivity contribution in [2.75, 3.05) is 26.7 Å². The van der Waals surface area contributed by atoms with Crippen LogP contribution in [0.15, 0.2) is 24.3 Å². The fraction of sp³-hybridized carbons (Fsp3) is 0.632. The van der Waals surface area contributed by atoms with Crippen LogP contribution in [0.1, 0.15) is 37.3 Å². The Labute approximate surface area is 163 Å². The minimum atomic E-state index is 0. The van der Waals surface area contributed by atoms with Crippen LogP contribution in [0.3, 0.4) is 0 Å². The molecule has 1 aliphatic heterocycles. The molecule has 2 aliphatic rings. The first-order chi connectivity index (χ1) is 11.1. The first-order valence-electron chi connectivity index (χ1n) is 8.88. The number of nitrogens with zero attached hydrogens (tertiary/aromatic N) is 1. The van der Waals surface area contributed by atoms with Gasteiger partial charge in [0.15, 0.2) is 0 Å². The Morgan fingerprint density at radius 2 is 1.96 bits per heavy atom. The second-order valence-electron chi connectivity index (χ2n) is 7.24. The van der Waals surface area contributed by atoms with Crippen LogP contribution in [0.25, 0.3) is 0 Å². The van der Waals surface area contributed by atoms with Gasteiger partial charge in [0.05, 0.1) is 0 Å². The number of hydrogen-bond acceptors (Lipinski definition) is 3. The molecule has 1 aromatic rings. The molecule has 4 nitrogen and oxygen atoms in total. The zero-order valence-corrected chi connectivity index (χ0v) is 16.8. The predicted molar refractivity (Wildman–Crippen MR) is 107 cm³/mol. The van der Waals surface area contributed by atoms with Crippen molar-refractivity contribution >= 4 is 30.7 Å². The van der Waals surface area contributed by atoms with E-state index in [4.69, 9.17) is 0 Å². The fourth-order valence-electron chi connectivity index (χ4n) is 3.77. The lowest BCUT2D eigenvalue weighted by molar-refractivity contribution is -0.123. The molecule has 2 N–H and O–H groups in total. The molecule has 1 spiro atoms. The maximum absolute atomic E-state index is 12.4. The molecule has 0 bridgehead atoms. The van der Waals surface area contributed by atoms with Crippen molar-refractivity contribution in [1.29, 1.82) is 0 Å². The standard InChI is InChI=1S/C19H29N3O.2ClH/c1-3-22(2)14-16-6-4-5-15(11-16)13-21-18(23)17-12-19(17)7-9-20-10-8-19;;/h4-6,11,17,20H,3,7-10,12-14H2,1-2H3,(H,21,23);2*1H. The van der Waals surface area contributed by atoms with Gasteiger partial charge in [0.1, 0.15) is 0 Å². The van der Waals surface area contributed by atoms with E-state index >= 15 is 0 Å². The SMILES string of the molecule is CCN(C)Cc1cccc(CNC(=O)C2CC23CCNCC3)c1.Cl.Cl. The van der Waals surface area contributed by atoms with Gasteiger partial charge in [0.2, 0.25) is 5.91 Å². The highest BCUT2D eigenvalue weighted by Crippen LogP contribution is 2.58. The molecule has 6 heteroatoms. The lowest BCUT2D eigenvalue weighted by Gasteiger charge is -2.23. The molecule has 1 aromatic carbocycles. The largest absolute Gasteiger partial charge is 0.352 e. The molecule has 1 heterocycles. The van der Waals surface area contributed by atoms with Crippen LogP contribution in [0.4, 0.5) is 0 Å². The molecule has 1 unspecified atom stereocenters. The van der Waals surface area contributed by atoms with Crippen molar-refractivity contribution in [3.63, 3.8) is 0 Å². The van der Waals surface area contributed by atoms with E-state index in [1.165, 1.54) is 11.1 Å². The van der Waals surface area contributed by atoms with E-state index in [0.717, 1.165) is 45.4 Å². The van der Waals surface area contributed by atoms with Crippen molar-refractivity contribution in [3.8, 4) is 0 Å². The molecule has 3 rings (SSSR count). The number of carbonyl (C=O) groups excluding carboxylic acids is 1. The average molecular weight is 388 g/mol. The molecular formula is C19H31Cl2N3O. The van der Waals surface area contributed by atoms with E-state index in [9.17, 15) is 4.79 Å². The van der Waals surface area contributed by atoms with Gasteiger partial charge in [-0.15, -0.1) is 24.8 Å². The summed E-state index contributed by atoms with van der Waals surface area (Å²) in [4.78, 5) is 14.7. The molecule has 1 amide bonds. The minimum absolute atomic E-state index is 0. The normalized spacial score (nSPS) is 20.5. The Hall–Kier alpha value is -0.810. The third kappa shape index (κ3) is 5.58. The number of piperidine rings is 1. The van der Waals surface area contributed by atoms with Crippen LogP contribution in [0.5, 0.6) is 0 Å². The van der Waals surface area contributed by atoms with Crippen molar-refractivity contribution in [3.05, 3.63) is 35.4 Å². The van der Waals surface area contributed by atoms with Gasteiger partial charge >= 0.3 is 0 Å². The molecule has 0 aromatic heterocycles. The van der Waals surface area contributed by atoms with Gasteiger partial charge in [-0.25, -0.2) is 0 Å². The van der Waals surface area contributed by atoms with Gasteiger partial charge in [0, 0.05) is 19.0 Å². The van der Waals surface area contributed by atoms with Gasteiger partial charge < -0.3 is 15.5 Å². The number of halogens is 2. The zero-order chi connectivity index (χ0) is 16.3. The number of benzene rings is 1. The third-order valence-corrected chi connectivity index (χ3v) is 5.56. The van der Waals surface area contributed by atoms with Crippen LogP contribution in [-0.2, 0) is 17.9 Å². The molecule has 1 atom stereocenters. The van der Waals surface area contributed by atoms with Crippen LogP contribution in [-0.4, -0.2) is 37.5 Å². The highest BCUT2D eigenvalue weighted by atomic mass is 35.5. The Bertz CT molecular complexity index is 561. The van der Waals surface area contributed by atoms with Crippen LogP contribution >= 0.6 is 24.8 Å². The Kier molecular flexibility index (Phi) is 8.69. The molecule has 1 saturated heterocycles.